The van der Waals surface area contributed by atoms with E-state index in [4.69, 9.17) is 32.9 Å². The molecule has 0 aliphatic carbocycles. The van der Waals surface area contributed by atoms with E-state index in [0.29, 0.717) is 47.4 Å². The van der Waals surface area contributed by atoms with Crippen LogP contribution in [0, 0.1) is 61.2 Å². The van der Waals surface area contributed by atoms with Crippen LogP contribution in [0.2, 0.25) is 0 Å². The molecule has 0 saturated heterocycles. The zero-order valence-corrected chi connectivity index (χ0v) is 60.2. The number of aryl methyl sites for hydroxylation is 2. The van der Waals surface area contributed by atoms with Crippen molar-refractivity contribution >= 4 is 84.3 Å². The maximum absolute atomic E-state index is 12.8. The highest BCUT2D eigenvalue weighted by Crippen LogP contribution is 2.25. The molecule has 0 spiro atoms. The normalized spacial score (nSPS) is 11.5. The van der Waals surface area contributed by atoms with Gasteiger partial charge in [-0.2, -0.15) is 0 Å². The Morgan fingerprint density at radius 1 is 0.542 bits per heavy atom. The van der Waals surface area contributed by atoms with Gasteiger partial charge in [-0.15, -0.1) is 0 Å². The van der Waals surface area contributed by atoms with Crippen molar-refractivity contribution in [3.05, 3.63) is 327 Å². The fourth-order valence-electron chi connectivity index (χ4n) is 11.2. The van der Waals surface area contributed by atoms with Crippen LogP contribution < -0.4 is 43.8 Å². The Morgan fingerprint density at radius 3 is 1.57 bits per heavy atom. The summed E-state index contributed by atoms with van der Waals surface area (Å²) < 4.78 is 5.72. The van der Waals surface area contributed by atoms with E-state index in [1.807, 2.05) is 203 Å². The molecule has 0 saturated carbocycles. The van der Waals surface area contributed by atoms with Crippen molar-refractivity contribution in [3.63, 3.8) is 0 Å². The number of fused-ring (bicyclic) bond motifs is 4. The molecular weight excluding hydrogens is 1330 g/mol. The quantitative estimate of drug-likeness (QED) is 0.0442. The minimum atomic E-state index is -0.451. The number of anilines is 3. The molecule has 0 atom stereocenters. The summed E-state index contributed by atoms with van der Waals surface area (Å²) in [6.07, 6.45) is 1.86. The molecule has 1 aliphatic rings. The zero-order valence-electron chi connectivity index (χ0n) is 60.2. The van der Waals surface area contributed by atoms with Gasteiger partial charge in [-0.3, -0.25) is 30.3 Å². The van der Waals surface area contributed by atoms with E-state index < -0.39 is 5.91 Å². The third-order valence-corrected chi connectivity index (χ3v) is 17.0. The number of aromatic nitrogens is 4. The van der Waals surface area contributed by atoms with E-state index in [9.17, 15) is 9.59 Å². The van der Waals surface area contributed by atoms with Crippen molar-refractivity contribution in [2.24, 2.45) is 10.7 Å². The number of likely N-dealkylation sites (N-methyl/N-ethyl adjacent to an activating group) is 1. The van der Waals surface area contributed by atoms with Crippen LogP contribution in [0.4, 0.5) is 17.5 Å². The van der Waals surface area contributed by atoms with Crippen LogP contribution in [0.25, 0.3) is 49.2 Å². The van der Waals surface area contributed by atoms with Gasteiger partial charge in [-0.05, 0) is 162 Å². The average Bonchev–Trinajstić information content (AvgIpc) is 1.61. The largest absolute Gasteiger partial charge is 0.492 e. The van der Waals surface area contributed by atoms with E-state index in [1.54, 1.807) is 42.5 Å². The first-order valence-electron chi connectivity index (χ1n) is 34.4. The Balaban J connectivity index is 0.000000145. The number of nitrogens with zero attached hydrogens (tertiary/aromatic N) is 6. The standard InChI is InChI=1S/C30H30N4O2.C23H21N3.C19H15N3O.C18H13N3O/c1-21-8-11-25(30(35)32-20-22-9-14-26(15-10-22)36-17-16-34(2)3)18-23(21)12-13-24-19-29(31)33-28-7-5-4-6-27(24)28;1-16-20-6-4-5-7-21(20)19(14-24-16)13-10-17-8-11-18(12-9-17)22-25-15-23(2,3)26-22;1-13(22-23)15-6-4-5-14(11-15)9-10-16-12-19(20)21-18-8-3-2-7-17(16)18;19-17-11-14(15-3-1-2-4-16(15)21-17)10-7-12-5-8-13(9-6-12)18(20)22/h4-11,14-15,18-19H,16-17,20H2,1-3H3,(H2,31,33)(H,32,35);4-9,11-12,14H,15H2,1-3H3,(H,25,26);2-8,11-12,22-23H,1H2,(H2,20,21);1-6,8-9,11H,(H2,19,21)(H2,20,22). The molecule has 12 N–H and O–H groups in total. The number of amidine groups is 1. The molecular formula is C90H79N13O4. The molecule has 4 aromatic heterocycles. The number of carbonyl (C=O) groups is 2. The van der Waals surface area contributed by atoms with Crippen LogP contribution in [-0.4, -0.2) is 87.0 Å². The number of amides is 2. The smallest absolute Gasteiger partial charge is 0.251 e. The number of primary amides is 1. The molecule has 2 amide bonds. The SMILES string of the molecule is C=C(NO)c1cccc(C#Cc2cc(N)nc3ccccc23)c1.Cc1ccc(C(=O)NCc2ccc(OCCN(C)C)cc2)cc1C#Cc1cc(N)nc2ccccc12.Cc1ncc(C#Cc2ccc(C3=NCC(C)(C)N3)cc2)c2ccccc12.NC(=O)c1ccc(C#Cc2cc(N)nc3ccccc23)cc1. The lowest BCUT2D eigenvalue weighted by atomic mass is 10.0. The van der Waals surface area contributed by atoms with Crippen LogP contribution in [-0.2, 0) is 6.54 Å². The van der Waals surface area contributed by atoms with Gasteiger partial charge >= 0.3 is 0 Å². The summed E-state index contributed by atoms with van der Waals surface area (Å²) in [6.45, 7) is 14.8. The number of pyridine rings is 4. The van der Waals surface area contributed by atoms with Crippen LogP contribution in [0.1, 0.15) is 107 Å². The second-order valence-electron chi connectivity index (χ2n) is 26.0. The van der Waals surface area contributed by atoms with Gasteiger partial charge < -0.3 is 43.2 Å². The number of rotatable bonds is 11. The highest BCUT2D eigenvalue weighted by atomic mass is 16.5. The lowest BCUT2D eigenvalue weighted by molar-refractivity contribution is 0.0949. The van der Waals surface area contributed by atoms with Gasteiger partial charge in [0.25, 0.3) is 5.91 Å². The lowest BCUT2D eigenvalue weighted by Crippen LogP contribution is -2.39. The molecule has 107 heavy (non-hydrogen) atoms. The fraction of sp³-hybridized carbons (Fsp3) is 0.122. The number of carbonyl (C=O) groups excluding carboxylic acids is 2. The third kappa shape index (κ3) is 20.2. The summed E-state index contributed by atoms with van der Waals surface area (Å²) in [7, 11) is 4.02. The van der Waals surface area contributed by atoms with Crippen molar-refractivity contribution in [2.45, 2.75) is 39.8 Å². The Labute approximate surface area is 622 Å². The summed E-state index contributed by atoms with van der Waals surface area (Å²) in [4.78, 5) is 48.0. The Bertz CT molecular complexity index is 5790. The molecule has 0 bridgehead atoms. The average molecular weight is 1410 g/mol. The van der Waals surface area contributed by atoms with Gasteiger partial charge in [0, 0.05) is 113 Å². The molecule has 9 aromatic carbocycles. The number of hydrogen-bond donors (Lipinski definition) is 8. The summed E-state index contributed by atoms with van der Waals surface area (Å²) in [5.74, 6) is 27.9. The van der Waals surface area contributed by atoms with Crippen molar-refractivity contribution in [1.29, 1.82) is 0 Å². The summed E-state index contributed by atoms with van der Waals surface area (Å²) >= 11 is 0. The molecule has 13 aromatic rings. The number of nitrogens with one attached hydrogen (secondary N) is 3. The first-order valence-corrected chi connectivity index (χ1v) is 34.4. The van der Waals surface area contributed by atoms with E-state index >= 15 is 0 Å². The van der Waals surface area contributed by atoms with Crippen LogP contribution in [0.3, 0.4) is 0 Å². The first-order chi connectivity index (χ1) is 51.7. The number of hydrogen-bond acceptors (Lipinski definition) is 15. The molecule has 14 rings (SSSR count). The first kappa shape index (κ1) is 74.1. The Hall–Kier alpha value is -14.1. The topological polar surface area (TPSA) is 271 Å². The number of nitrogen functional groups attached to an aromatic ring is 3. The van der Waals surface area contributed by atoms with E-state index in [1.165, 1.54) is 0 Å². The monoisotopic (exact) mass is 1410 g/mol. The number of para-hydroxylation sites is 3. The van der Waals surface area contributed by atoms with E-state index in [0.717, 1.165) is 141 Å². The maximum Gasteiger partial charge on any atom is 0.251 e. The van der Waals surface area contributed by atoms with Gasteiger partial charge in [0.05, 0.1) is 39.9 Å². The van der Waals surface area contributed by atoms with Crippen molar-refractivity contribution in [1.82, 2.24) is 40.9 Å². The third-order valence-electron chi connectivity index (χ3n) is 17.0. The second-order valence-corrected chi connectivity index (χ2v) is 26.0. The molecule has 0 radical (unpaired) electrons. The number of nitrogens with two attached hydrogens (primary N) is 4. The predicted molar refractivity (Wildman–Crippen MR) is 432 cm³/mol. The van der Waals surface area contributed by atoms with Gasteiger partial charge in [0.2, 0.25) is 5.91 Å². The molecule has 528 valence electrons. The molecule has 17 heteroatoms. The van der Waals surface area contributed by atoms with E-state index in [-0.39, 0.29) is 11.4 Å². The number of benzene rings is 9. The minimum absolute atomic E-state index is 0.0350. The Morgan fingerprint density at radius 2 is 1.04 bits per heavy atom. The van der Waals surface area contributed by atoms with Gasteiger partial charge in [-0.25, -0.2) is 15.0 Å². The number of aliphatic imine (C=N–C) groups is 1. The summed E-state index contributed by atoms with van der Waals surface area (Å²) in [5.41, 5.74) is 40.5. The van der Waals surface area contributed by atoms with Crippen LogP contribution in [0.15, 0.2) is 248 Å². The van der Waals surface area contributed by atoms with Gasteiger partial charge in [-0.1, -0.05) is 175 Å². The Kier molecular flexibility index (Phi) is 24.1. The molecule has 1 aliphatic heterocycles. The number of hydroxylamine groups is 1. The van der Waals surface area contributed by atoms with Crippen molar-refractivity contribution < 1.29 is 19.5 Å². The second kappa shape index (κ2) is 34.7. The molecule has 0 fully saturated rings. The predicted octanol–water partition coefficient (Wildman–Crippen LogP) is 13.9. The van der Waals surface area contributed by atoms with E-state index in [2.05, 4.69) is 133 Å². The summed E-state index contributed by atoms with van der Waals surface area (Å²) in [6, 6.07) is 72.7. The van der Waals surface area contributed by atoms with Crippen molar-refractivity contribution in [3.8, 4) is 53.1 Å². The molecule has 0 unspecified atom stereocenters. The van der Waals surface area contributed by atoms with Crippen LogP contribution in [0.5, 0.6) is 5.75 Å². The molecule has 5 heterocycles. The minimum Gasteiger partial charge on any atom is -0.492 e. The zero-order chi connectivity index (χ0) is 75.4. The summed E-state index contributed by atoms with van der Waals surface area (Å²) in [5, 5.41) is 20.5. The number of ether oxygens (including phenoxy) is 1. The van der Waals surface area contributed by atoms with Crippen LogP contribution >= 0.6 is 0 Å². The highest BCUT2D eigenvalue weighted by molar-refractivity contribution is 6.01. The van der Waals surface area contributed by atoms with Crippen molar-refractivity contribution in [2.75, 3.05) is 51.0 Å². The van der Waals surface area contributed by atoms with Gasteiger partial charge in [0.1, 0.15) is 35.6 Å². The fourth-order valence-corrected chi connectivity index (χ4v) is 11.2. The highest BCUT2D eigenvalue weighted by Gasteiger charge is 2.25. The lowest BCUT2D eigenvalue weighted by Gasteiger charge is -2.18. The van der Waals surface area contributed by atoms with Gasteiger partial charge in [0.15, 0.2) is 0 Å². The molecule has 17 nitrogen and oxygen atoms in total. The maximum atomic E-state index is 12.8.